The van der Waals surface area contributed by atoms with Crippen molar-refractivity contribution in [2.75, 3.05) is 19.8 Å². The first-order valence-corrected chi connectivity index (χ1v) is 9.49. The number of amides is 1. The Bertz CT molecular complexity index is 858. The Labute approximate surface area is 157 Å². The molecule has 2 fully saturated rings. The second-order valence-corrected chi connectivity index (χ2v) is 8.14. The lowest BCUT2D eigenvalue weighted by molar-refractivity contribution is -0.172. The molecule has 5 nitrogen and oxygen atoms in total. The monoisotopic (exact) mass is 369 g/mol. The van der Waals surface area contributed by atoms with E-state index in [9.17, 15) is 4.79 Å². The maximum absolute atomic E-state index is 12.6. The molecule has 1 unspecified atom stereocenters. The Morgan fingerprint density at radius 2 is 2.00 bits per heavy atom. The Morgan fingerprint density at radius 1 is 1.23 bits per heavy atom. The van der Waals surface area contributed by atoms with E-state index in [1.807, 2.05) is 11.0 Å². The minimum Gasteiger partial charge on any atom is -0.376 e. The zero-order chi connectivity index (χ0) is 17.7. The van der Waals surface area contributed by atoms with Gasteiger partial charge in [-0.3, -0.25) is 4.79 Å². The van der Waals surface area contributed by atoms with E-state index in [1.54, 1.807) is 12.4 Å². The number of ether oxygens (including phenoxy) is 1. The van der Waals surface area contributed by atoms with Crippen LogP contribution in [0.25, 0.3) is 0 Å². The third-order valence-corrected chi connectivity index (χ3v) is 6.20. The molecule has 1 aliphatic carbocycles. The fourth-order valence-corrected chi connectivity index (χ4v) is 4.50. The normalized spacial score (nSPS) is 22.7. The second-order valence-electron chi connectivity index (χ2n) is 7.70. The van der Waals surface area contributed by atoms with Gasteiger partial charge in [0.1, 0.15) is 5.82 Å². The summed E-state index contributed by atoms with van der Waals surface area (Å²) >= 11 is 6.09. The van der Waals surface area contributed by atoms with Gasteiger partial charge in [-0.1, -0.05) is 17.7 Å². The van der Waals surface area contributed by atoms with Gasteiger partial charge in [-0.25, -0.2) is 9.97 Å². The van der Waals surface area contributed by atoms with E-state index in [-0.39, 0.29) is 11.4 Å². The number of halogens is 1. The predicted molar refractivity (Wildman–Crippen MR) is 97.3 cm³/mol. The van der Waals surface area contributed by atoms with E-state index in [0.29, 0.717) is 24.7 Å². The third kappa shape index (κ3) is 2.61. The van der Waals surface area contributed by atoms with Gasteiger partial charge in [-0.15, -0.1) is 0 Å². The highest BCUT2D eigenvalue weighted by atomic mass is 35.5. The first-order valence-electron chi connectivity index (χ1n) is 9.11. The Morgan fingerprint density at radius 3 is 2.65 bits per heavy atom. The summed E-state index contributed by atoms with van der Waals surface area (Å²) in [6, 6.07) is 6.13. The van der Waals surface area contributed by atoms with Crippen molar-refractivity contribution in [2.24, 2.45) is 5.92 Å². The van der Waals surface area contributed by atoms with Crippen molar-refractivity contribution in [1.29, 1.82) is 0 Å². The van der Waals surface area contributed by atoms with Crippen molar-refractivity contribution >= 4 is 17.5 Å². The van der Waals surface area contributed by atoms with Crippen LogP contribution in [-0.4, -0.2) is 46.1 Å². The molecule has 2 saturated heterocycles. The molecule has 1 aromatic heterocycles. The smallest absolute Gasteiger partial charge is 0.257 e. The number of aromatic nitrogens is 2. The quantitative estimate of drug-likeness (QED) is 0.834. The summed E-state index contributed by atoms with van der Waals surface area (Å²) in [5.74, 6) is 1.32. The van der Waals surface area contributed by atoms with Crippen LogP contribution in [0.4, 0.5) is 0 Å². The van der Waals surface area contributed by atoms with Crippen LogP contribution in [0.15, 0.2) is 30.6 Å². The average molecular weight is 370 g/mol. The van der Waals surface area contributed by atoms with Crippen molar-refractivity contribution in [2.45, 2.75) is 31.2 Å². The highest BCUT2D eigenvalue weighted by Crippen LogP contribution is 2.38. The van der Waals surface area contributed by atoms with Gasteiger partial charge in [-0.05, 0) is 48.4 Å². The number of rotatable bonds is 3. The number of fused-ring (bicyclic) bond motifs is 1. The molecule has 3 aliphatic rings. The van der Waals surface area contributed by atoms with Gasteiger partial charge in [0.2, 0.25) is 0 Å². The topological polar surface area (TPSA) is 55.3 Å². The molecule has 134 valence electrons. The molecule has 1 aromatic carbocycles. The SMILES string of the molecule is O=C(c1cnc(CC2Cc3ccc(Cl)cc3C2)nc1)N1CCC12COC2. The van der Waals surface area contributed by atoms with Crippen molar-refractivity contribution < 1.29 is 9.53 Å². The summed E-state index contributed by atoms with van der Waals surface area (Å²) in [4.78, 5) is 23.5. The predicted octanol–water partition coefficient (Wildman–Crippen LogP) is 2.70. The van der Waals surface area contributed by atoms with Crippen LogP contribution < -0.4 is 0 Å². The Kier molecular flexibility index (Phi) is 3.76. The fraction of sp³-hybridized carbons (Fsp3) is 0.450. The molecular weight excluding hydrogens is 350 g/mol. The van der Waals surface area contributed by atoms with Gasteiger partial charge in [-0.2, -0.15) is 0 Å². The number of likely N-dealkylation sites (tertiary alicyclic amines) is 1. The summed E-state index contributed by atoms with van der Waals surface area (Å²) in [5.41, 5.74) is 3.23. The number of carbonyl (C=O) groups is 1. The minimum atomic E-state index is -0.0490. The summed E-state index contributed by atoms with van der Waals surface area (Å²) < 4.78 is 5.29. The van der Waals surface area contributed by atoms with Gasteiger partial charge < -0.3 is 9.64 Å². The number of hydrogen-bond acceptors (Lipinski definition) is 4. The van der Waals surface area contributed by atoms with E-state index in [2.05, 4.69) is 22.1 Å². The largest absolute Gasteiger partial charge is 0.376 e. The van der Waals surface area contributed by atoms with E-state index in [1.165, 1.54) is 11.1 Å². The molecule has 0 N–H and O–H groups in total. The summed E-state index contributed by atoms with van der Waals surface area (Å²) in [7, 11) is 0. The maximum atomic E-state index is 12.6. The van der Waals surface area contributed by atoms with Crippen molar-refractivity contribution in [3.8, 4) is 0 Å². The van der Waals surface area contributed by atoms with Gasteiger partial charge in [0.25, 0.3) is 5.91 Å². The molecule has 0 saturated carbocycles. The molecule has 3 heterocycles. The molecule has 2 aromatic rings. The molecular formula is C20H20ClN3O2. The van der Waals surface area contributed by atoms with E-state index in [4.69, 9.17) is 16.3 Å². The van der Waals surface area contributed by atoms with Crippen LogP contribution in [0, 0.1) is 5.92 Å². The number of hydrogen-bond donors (Lipinski definition) is 0. The van der Waals surface area contributed by atoms with Crippen LogP contribution in [0.2, 0.25) is 5.02 Å². The molecule has 6 heteroatoms. The first kappa shape index (κ1) is 16.2. The molecule has 2 aliphatic heterocycles. The van der Waals surface area contributed by atoms with Gasteiger partial charge >= 0.3 is 0 Å². The lowest BCUT2D eigenvalue weighted by Crippen LogP contribution is -2.72. The molecule has 1 amide bonds. The van der Waals surface area contributed by atoms with Crippen molar-refractivity contribution in [3.63, 3.8) is 0 Å². The molecule has 1 atom stereocenters. The van der Waals surface area contributed by atoms with Gasteiger partial charge in [0, 0.05) is 30.4 Å². The van der Waals surface area contributed by atoms with Crippen LogP contribution >= 0.6 is 11.6 Å². The molecule has 1 spiro atoms. The maximum Gasteiger partial charge on any atom is 0.257 e. The zero-order valence-electron chi connectivity index (χ0n) is 14.4. The summed E-state index contributed by atoms with van der Waals surface area (Å²) in [5, 5.41) is 0.796. The average Bonchev–Trinajstić information content (AvgIpc) is 2.94. The third-order valence-electron chi connectivity index (χ3n) is 5.97. The van der Waals surface area contributed by atoms with Crippen LogP contribution in [-0.2, 0) is 24.0 Å². The lowest BCUT2D eigenvalue weighted by atomic mass is 9.82. The Balaban J connectivity index is 1.24. The van der Waals surface area contributed by atoms with E-state index < -0.39 is 0 Å². The van der Waals surface area contributed by atoms with Crippen molar-refractivity contribution in [3.05, 3.63) is 58.1 Å². The first-order chi connectivity index (χ1) is 12.6. The summed E-state index contributed by atoms with van der Waals surface area (Å²) in [6.45, 7) is 2.11. The number of nitrogens with zero attached hydrogens (tertiary/aromatic N) is 3. The fourth-order valence-electron chi connectivity index (χ4n) is 4.30. The zero-order valence-corrected chi connectivity index (χ0v) is 15.2. The molecule has 26 heavy (non-hydrogen) atoms. The lowest BCUT2D eigenvalue weighted by Gasteiger charge is -2.57. The summed E-state index contributed by atoms with van der Waals surface area (Å²) in [6.07, 6.45) is 7.25. The van der Waals surface area contributed by atoms with E-state index >= 15 is 0 Å². The van der Waals surface area contributed by atoms with Crippen LogP contribution in [0.1, 0.15) is 33.7 Å². The van der Waals surface area contributed by atoms with Gasteiger partial charge in [0.15, 0.2) is 0 Å². The van der Waals surface area contributed by atoms with Crippen molar-refractivity contribution in [1.82, 2.24) is 14.9 Å². The van der Waals surface area contributed by atoms with E-state index in [0.717, 1.165) is 43.1 Å². The number of benzene rings is 1. The highest BCUT2D eigenvalue weighted by Gasteiger charge is 2.53. The van der Waals surface area contributed by atoms with Crippen LogP contribution in [0.3, 0.4) is 0 Å². The molecule has 0 radical (unpaired) electrons. The van der Waals surface area contributed by atoms with Gasteiger partial charge in [0.05, 0.1) is 24.3 Å². The minimum absolute atomic E-state index is 0.0222. The highest BCUT2D eigenvalue weighted by molar-refractivity contribution is 6.30. The Hall–Kier alpha value is -1.98. The standard InChI is InChI=1S/C20H20ClN3O2/c21-17-2-1-14-5-13(6-15(14)8-17)7-18-22-9-16(10-23-18)19(25)24-4-3-20(24)11-26-12-20/h1-2,8-10,13H,3-7,11-12H2. The number of carbonyl (C=O) groups excluding carboxylic acids is 1. The molecule has 5 rings (SSSR count). The van der Waals surface area contributed by atoms with Crippen LogP contribution in [0.5, 0.6) is 0 Å². The second kappa shape index (κ2) is 6.03. The molecule has 0 bridgehead atoms.